The van der Waals surface area contributed by atoms with E-state index in [4.69, 9.17) is 27.9 Å². The maximum Gasteiger partial charge on any atom is 0.143 e. The van der Waals surface area contributed by atoms with Gasteiger partial charge in [-0.1, -0.05) is 45.8 Å². The molecule has 62 valence electrons. The molecule has 0 saturated heterocycles. The first-order chi connectivity index (χ1) is 5.06. The molecule has 1 nitrogen and oxygen atoms in total. The summed E-state index contributed by atoms with van der Waals surface area (Å²) in [6, 6.07) is 0. The Balaban J connectivity index is 2.84. The van der Waals surface area contributed by atoms with Crippen LogP contribution in [-0.2, 0) is 4.74 Å². The van der Waals surface area contributed by atoms with E-state index < -0.39 is 2.88 Å². The summed E-state index contributed by atoms with van der Waals surface area (Å²) < 4.78 is 4.63. The van der Waals surface area contributed by atoms with Crippen molar-refractivity contribution in [3.8, 4) is 0 Å². The van der Waals surface area contributed by atoms with Crippen LogP contribution in [0.15, 0.2) is 23.3 Å². The van der Waals surface area contributed by atoms with Gasteiger partial charge in [-0.3, -0.25) is 0 Å². The summed E-state index contributed by atoms with van der Waals surface area (Å²) >= 11 is 13.9. The number of rotatable bonds is 1. The van der Waals surface area contributed by atoms with Gasteiger partial charge in [0.25, 0.3) is 0 Å². The lowest BCUT2D eigenvalue weighted by Crippen LogP contribution is -2.30. The number of allylic oxidation sites excluding steroid dienone is 2. The van der Waals surface area contributed by atoms with Gasteiger partial charge < -0.3 is 4.74 Å². The van der Waals surface area contributed by atoms with Crippen molar-refractivity contribution >= 4 is 45.8 Å². The van der Waals surface area contributed by atoms with E-state index in [1.807, 2.05) is 6.08 Å². The fourth-order valence-corrected chi connectivity index (χ4v) is 1.83. The predicted molar refractivity (Wildman–Crippen MR) is 56.5 cm³/mol. The second-order valence-electron chi connectivity index (χ2n) is 2.22. The van der Waals surface area contributed by atoms with Crippen LogP contribution in [0.5, 0.6) is 0 Å². The van der Waals surface area contributed by atoms with Gasteiger partial charge in [-0.25, -0.2) is 0 Å². The molecule has 1 aliphatic carbocycles. The van der Waals surface area contributed by atoms with Crippen LogP contribution < -0.4 is 0 Å². The van der Waals surface area contributed by atoms with E-state index in [9.17, 15) is 0 Å². The van der Waals surface area contributed by atoms with Crippen molar-refractivity contribution in [3.05, 3.63) is 23.3 Å². The van der Waals surface area contributed by atoms with Crippen LogP contribution in [0, 0.1) is 0 Å². The molecule has 0 aromatic heterocycles. The fourth-order valence-electron chi connectivity index (χ4n) is 0.822. The Morgan fingerprint density at radius 3 is 2.82 bits per heavy atom. The lowest BCUT2D eigenvalue weighted by molar-refractivity contribution is 0.141. The standard InChI is InChI=1S/C7H7Cl2IO/c1-11-6-4-5(8)2-3-7(6,9)10/h2-4,6H,1H3. The second-order valence-corrected chi connectivity index (χ2v) is 5.70. The minimum atomic E-state index is -0.495. The van der Waals surface area contributed by atoms with E-state index >= 15 is 0 Å². The largest absolute Gasteiger partial charge is 0.374 e. The van der Waals surface area contributed by atoms with Crippen molar-refractivity contribution in [2.75, 3.05) is 7.11 Å². The molecule has 2 unspecified atom stereocenters. The third kappa shape index (κ3) is 2.34. The first-order valence-electron chi connectivity index (χ1n) is 3.03. The SMILES string of the molecule is COC1C=C(Cl)C=CC1(Cl)I. The van der Waals surface area contributed by atoms with Gasteiger partial charge in [0.05, 0.1) is 0 Å². The molecular formula is C7H7Cl2IO. The van der Waals surface area contributed by atoms with E-state index in [1.54, 1.807) is 19.3 Å². The monoisotopic (exact) mass is 304 g/mol. The number of alkyl halides is 2. The zero-order valence-corrected chi connectivity index (χ0v) is 9.52. The Bertz CT molecular complexity index is 210. The van der Waals surface area contributed by atoms with Gasteiger partial charge in [0, 0.05) is 12.1 Å². The van der Waals surface area contributed by atoms with Crippen LogP contribution in [0.25, 0.3) is 0 Å². The molecule has 0 heterocycles. The lowest BCUT2D eigenvalue weighted by Gasteiger charge is -2.26. The molecule has 0 bridgehead atoms. The van der Waals surface area contributed by atoms with Crippen LogP contribution >= 0.6 is 45.8 Å². The van der Waals surface area contributed by atoms with Gasteiger partial charge in [0.1, 0.15) is 8.98 Å². The molecule has 0 radical (unpaired) electrons. The molecule has 0 aliphatic heterocycles. The molecule has 1 rings (SSSR count). The minimum absolute atomic E-state index is 0.151. The highest BCUT2D eigenvalue weighted by Gasteiger charge is 2.32. The Morgan fingerprint density at radius 2 is 2.36 bits per heavy atom. The zero-order chi connectivity index (χ0) is 8.48. The number of hydrogen-bond donors (Lipinski definition) is 0. The molecule has 0 fully saturated rings. The van der Waals surface area contributed by atoms with Gasteiger partial charge in [0.15, 0.2) is 0 Å². The summed E-state index contributed by atoms with van der Waals surface area (Å²) in [4.78, 5) is 0. The average Bonchev–Trinajstić information content (AvgIpc) is 1.94. The second kappa shape index (κ2) is 3.64. The van der Waals surface area contributed by atoms with Gasteiger partial charge in [-0.2, -0.15) is 0 Å². The van der Waals surface area contributed by atoms with Crippen LogP contribution in [0.3, 0.4) is 0 Å². The van der Waals surface area contributed by atoms with Crippen LogP contribution in [-0.4, -0.2) is 16.1 Å². The van der Waals surface area contributed by atoms with Crippen molar-refractivity contribution < 1.29 is 4.74 Å². The molecule has 0 N–H and O–H groups in total. The maximum absolute atomic E-state index is 6.08. The molecule has 1 aliphatic rings. The van der Waals surface area contributed by atoms with Gasteiger partial charge in [-0.05, 0) is 18.2 Å². The molecule has 2 atom stereocenters. The quantitative estimate of drug-likeness (QED) is 0.534. The summed E-state index contributed by atoms with van der Waals surface area (Å²) in [6.45, 7) is 0. The Hall–Kier alpha value is 0.750. The Kier molecular flexibility index (Phi) is 3.26. The highest BCUT2D eigenvalue weighted by Crippen LogP contribution is 2.36. The summed E-state index contributed by atoms with van der Waals surface area (Å²) in [5.41, 5.74) is 0. The third-order valence-electron chi connectivity index (χ3n) is 1.41. The van der Waals surface area contributed by atoms with E-state index in [0.717, 1.165) is 0 Å². The number of ether oxygens (including phenoxy) is 1. The molecule has 11 heavy (non-hydrogen) atoms. The van der Waals surface area contributed by atoms with E-state index in [2.05, 4.69) is 22.6 Å². The van der Waals surface area contributed by atoms with Gasteiger partial charge in [-0.15, -0.1) is 0 Å². The van der Waals surface area contributed by atoms with Crippen molar-refractivity contribution in [2.45, 2.75) is 8.98 Å². The predicted octanol–water partition coefficient (Wildman–Crippen LogP) is 3.06. The smallest absolute Gasteiger partial charge is 0.143 e. The molecule has 0 saturated carbocycles. The van der Waals surface area contributed by atoms with Gasteiger partial charge in [0.2, 0.25) is 0 Å². The molecular weight excluding hydrogens is 298 g/mol. The molecule has 0 aromatic carbocycles. The van der Waals surface area contributed by atoms with Crippen LogP contribution in [0.2, 0.25) is 0 Å². The van der Waals surface area contributed by atoms with E-state index in [1.165, 1.54) is 0 Å². The maximum atomic E-state index is 6.08. The summed E-state index contributed by atoms with van der Waals surface area (Å²) in [7, 11) is 1.61. The summed E-state index contributed by atoms with van der Waals surface area (Å²) in [5, 5.41) is 0.671. The number of hydrogen-bond acceptors (Lipinski definition) is 1. The van der Waals surface area contributed by atoms with Gasteiger partial charge >= 0.3 is 0 Å². The zero-order valence-electron chi connectivity index (χ0n) is 5.85. The Morgan fingerprint density at radius 1 is 1.73 bits per heavy atom. The van der Waals surface area contributed by atoms with E-state index in [0.29, 0.717) is 5.03 Å². The van der Waals surface area contributed by atoms with E-state index in [-0.39, 0.29) is 6.10 Å². The van der Waals surface area contributed by atoms with Crippen molar-refractivity contribution in [1.82, 2.24) is 0 Å². The molecule has 4 heteroatoms. The van der Waals surface area contributed by atoms with Crippen molar-refractivity contribution in [1.29, 1.82) is 0 Å². The molecule has 0 spiro atoms. The first kappa shape index (κ1) is 9.84. The fraction of sp³-hybridized carbons (Fsp3) is 0.429. The third-order valence-corrected chi connectivity index (χ3v) is 2.98. The highest BCUT2D eigenvalue weighted by molar-refractivity contribution is 14.1. The van der Waals surface area contributed by atoms with Crippen LogP contribution in [0.4, 0.5) is 0 Å². The Labute approximate surface area is 89.5 Å². The molecule has 0 amide bonds. The first-order valence-corrected chi connectivity index (χ1v) is 4.87. The summed E-state index contributed by atoms with van der Waals surface area (Å²) in [5.74, 6) is 0. The highest BCUT2D eigenvalue weighted by atomic mass is 127. The lowest BCUT2D eigenvalue weighted by atomic mass is 10.1. The van der Waals surface area contributed by atoms with Crippen molar-refractivity contribution in [3.63, 3.8) is 0 Å². The average molecular weight is 305 g/mol. The molecule has 0 aromatic rings. The van der Waals surface area contributed by atoms with Crippen molar-refractivity contribution in [2.24, 2.45) is 0 Å². The topological polar surface area (TPSA) is 9.23 Å². The minimum Gasteiger partial charge on any atom is -0.374 e. The normalized spacial score (nSPS) is 37.1. The summed E-state index contributed by atoms with van der Waals surface area (Å²) in [6.07, 6.45) is 5.24. The number of halogens is 3. The van der Waals surface area contributed by atoms with Crippen LogP contribution in [0.1, 0.15) is 0 Å². The number of methoxy groups -OCH3 is 1.